The molecule has 9 heteroatoms. The molecule has 2 amide bonds. The Hall–Kier alpha value is -3.20. The third-order valence-corrected chi connectivity index (χ3v) is 4.21. The number of sulfonamides is 1. The van der Waals surface area contributed by atoms with Gasteiger partial charge in [-0.1, -0.05) is 36.4 Å². The third kappa shape index (κ3) is 5.43. The molecule has 0 fully saturated rings. The molecule has 0 aliphatic heterocycles. The van der Waals surface area contributed by atoms with Crippen molar-refractivity contribution >= 4 is 27.6 Å². The van der Waals surface area contributed by atoms with Crippen LogP contribution >= 0.6 is 0 Å². The van der Waals surface area contributed by atoms with Crippen molar-refractivity contribution in [2.24, 2.45) is 10.7 Å². The number of carbonyl (C=O) groups is 1. The van der Waals surface area contributed by atoms with E-state index in [1.807, 2.05) is 4.72 Å². The smallest absolute Gasteiger partial charge is 0.347 e. The van der Waals surface area contributed by atoms with Crippen molar-refractivity contribution in [3.8, 4) is 0 Å². The number of rotatable bonds is 5. The van der Waals surface area contributed by atoms with Gasteiger partial charge in [0.1, 0.15) is 0 Å². The van der Waals surface area contributed by atoms with E-state index in [1.54, 1.807) is 36.4 Å². The molecule has 0 aromatic heterocycles. The maximum absolute atomic E-state index is 13.8. The molecule has 130 valence electrons. The Bertz CT molecular complexity index is 897. The number of para-hydroxylation sites is 1. The van der Waals surface area contributed by atoms with Crippen LogP contribution in [0.15, 0.2) is 82.6 Å². The number of nitrogens with two attached hydrogens (primary N) is 1. The summed E-state index contributed by atoms with van der Waals surface area (Å²) in [4.78, 5) is 14.9. The Morgan fingerprint density at radius 1 is 1.04 bits per heavy atom. The summed E-state index contributed by atoms with van der Waals surface area (Å²) in [6.07, 6.45) is 0.525. The van der Waals surface area contributed by atoms with Crippen LogP contribution in [0.4, 0.5) is 14.9 Å². The topological polar surface area (TPSA) is 114 Å². The summed E-state index contributed by atoms with van der Waals surface area (Å²) in [6, 6.07) is 14.9. The molecule has 0 saturated carbocycles. The van der Waals surface area contributed by atoms with Gasteiger partial charge in [-0.2, -0.15) is 4.99 Å². The fourth-order valence-corrected chi connectivity index (χ4v) is 2.62. The van der Waals surface area contributed by atoms with Gasteiger partial charge in [0.2, 0.25) is 0 Å². The number of carbonyl (C=O) groups excluding carboxylic acids is 1. The first-order chi connectivity index (χ1) is 11.9. The number of benzene rings is 2. The van der Waals surface area contributed by atoms with E-state index in [0.29, 0.717) is 11.9 Å². The molecule has 0 bridgehead atoms. The van der Waals surface area contributed by atoms with Crippen LogP contribution < -0.4 is 15.8 Å². The van der Waals surface area contributed by atoms with Crippen molar-refractivity contribution in [2.45, 2.75) is 4.90 Å². The van der Waals surface area contributed by atoms with Gasteiger partial charge in [0.25, 0.3) is 10.0 Å². The van der Waals surface area contributed by atoms with Gasteiger partial charge in [-0.3, -0.25) is 4.72 Å². The zero-order valence-electron chi connectivity index (χ0n) is 12.9. The van der Waals surface area contributed by atoms with Crippen molar-refractivity contribution in [2.75, 3.05) is 5.32 Å². The van der Waals surface area contributed by atoms with Crippen LogP contribution in [0.5, 0.6) is 0 Å². The number of halogens is 1. The molecular weight excluding hydrogens is 347 g/mol. The van der Waals surface area contributed by atoms with E-state index >= 15 is 0 Å². The fourth-order valence-electron chi connectivity index (χ4n) is 1.71. The monoisotopic (exact) mass is 362 g/mol. The standard InChI is InChI=1S/C16H15FN4O3S/c17-14(11-19-25(23,24)13-9-5-2-6-10-13)15(18)21-16(22)20-12-7-3-1-4-8-12/h1-11,19H,(H3,18,20,21,22)/b14-11+. The van der Waals surface area contributed by atoms with Gasteiger partial charge in [0.15, 0.2) is 11.7 Å². The summed E-state index contributed by atoms with van der Waals surface area (Å²) < 4.78 is 39.6. The number of anilines is 1. The number of nitrogens with zero attached hydrogens (tertiary/aromatic N) is 1. The van der Waals surface area contributed by atoms with Crippen LogP contribution in [0.2, 0.25) is 0 Å². The lowest BCUT2D eigenvalue weighted by molar-refractivity contribution is 0.259. The minimum absolute atomic E-state index is 0.0450. The normalized spacial score (nSPS) is 12.5. The van der Waals surface area contributed by atoms with E-state index in [0.717, 1.165) is 0 Å². The first-order valence-electron chi connectivity index (χ1n) is 7.02. The Kier molecular flexibility index (Phi) is 5.85. The Morgan fingerprint density at radius 2 is 1.60 bits per heavy atom. The van der Waals surface area contributed by atoms with Crippen molar-refractivity contribution in [3.05, 3.63) is 72.7 Å². The maximum Gasteiger partial charge on any atom is 0.347 e. The number of amides is 2. The molecule has 2 aromatic rings. The molecular formula is C16H15FN4O3S. The molecule has 0 heterocycles. The van der Waals surface area contributed by atoms with Crippen LogP contribution in [-0.4, -0.2) is 20.3 Å². The molecule has 25 heavy (non-hydrogen) atoms. The molecule has 0 aliphatic carbocycles. The van der Waals surface area contributed by atoms with Gasteiger partial charge in [0.05, 0.1) is 11.1 Å². The van der Waals surface area contributed by atoms with Crippen LogP contribution in [0.3, 0.4) is 0 Å². The third-order valence-electron chi connectivity index (χ3n) is 2.89. The predicted octanol–water partition coefficient (Wildman–Crippen LogP) is 2.37. The highest BCUT2D eigenvalue weighted by Crippen LogP contribution is 2.08. The Labute approximate surface area is 144 Å². The van der Waals surface area contributed by atoms with Gasteiger partial charge in [-0.15, -0.1) is 0 Å². The zero-order chi connectivity index (χ0) is 18.3. The van der Waals surface area contributed by atoms with E-state index in [2.05, 4.69) is 10.3 Å². The van der Waals surface area contributed by atoms with E-state index in [4.69, 9.17) is 5.73 Å². The van der Waals surface area contributed by atoms with Crippen LogP contribution in [0.1, 0.15) is 0 Å². The SMILES string of the molecule is NC(=NC(=O)Nc1ccccc1)/C(F)=C\NS(=O)(=O)c1ccccc1. The average molecular weight is 362 g/mol. The molecule has 4 N–H and O–H groups in total. The van der Waals surface area contributed by atoms with E-state index in [-0.39, 0.29) is 4.90 Å². The second-order valence-electron chi connectivity index (χ2n) is 4.72. The minimum Gasteiger partial charge on any atom is -0.381 e. The molecule has 2 rings (SSSR count). The van der Waals surface area contributed by atoms with E-state index in [1.165, 1.54) is 24.3 Å². The van der Waals surface area contributed by atoms with Gasteiger partial charge in [0, 0.05) is 5.69 Å². The molecule has 0 saturated heterocycles. The zero-order valence-corrected chi connectivity index (χ0v) is 13.7. The summed E-state index contributed by atoms with van der Waals surface area (Å²) in [7, 11) is -3.94. The number of hydrogen-bond acceptors (Lipinski definition) is 3. The largest absolute Gasteiger partial charge is 0.381 e. The summed E-state index contributed by atoms with van der Waals surface area (Å²) in [5, 5.41) is 2.39. The van der Waals surface area contributed by atoms with Gasteiger partial charge >= 0.3 is 6.03 Å². The number of nitrogens with one attached hydrogen (secondary N) is 2. The second-order valence-corrected chi connectivity index (χ2v) is 6.43. The highest BCUT2D eigenvalue weighted by molar-refractivity contribution is 7.89. The average Bonchev–Trinajstić information content (AvgIpc) is 2.61. The lowest BCUT2D eigenvalue weighted by atomic mass is 10.3. The molecule has 0 aliphatic rings. The van der Waals surface area contributed by atoms with Crippen LogP contribution in [0, 0.1) is 0 Å². The number of aliphatic imine (C=N–C) groups is 1. The van der Waals surface area contributed by atoms with E-state index < -0.39 is 27.7 Å². The highest BCUT2D eigenvalue weighted by atomic mass is 32.2. The lowest BCUT2D eigenvalue weighted by Crippen LogP contribution is -2.22. The van der Waals surface area contributed by atoms with Gasteiger partial charge in [-0.25, -0.2) is 17.6 Å². The first-order valence-corrected chi connectivity index (χ1v) is 8.50. The Balaban J connectivity index is 2.04. The second kappa shape index (κ2) is 8.06. The summed E-state index contributed by atoms with van der Waals surface area (Å²) in [5.74, 6) is -1.95. The van der Waals surface area contributed by atoms with Crippen LogP contribution in [0.25, 0.3) is 0 Å². The number of amidine groups is 1. The minimum atomic E-state index is -3.94. The maximum atomic E-state index is 13.8. The van der Waals surface area contributed by atoms with E-state index in [9.17, 15) is 17.6 Å². The van der Waals surface area contributed by atoms with Crippen molar-refractivity contribution in [3.63, 3.8) is 0 Å². The highest BCUT2D eigenvalue weighted by Gasteiger charge is 2.13. The molecule has 7 nitrogen and oxygen atoms in total. The van der Waals surface area contributed by atoms with Crippen LogP contribution in [-0.2, 0) is 10.0 Å². The fraction of sp³-hybridized carbons (Fsp3) is 0. The summed E-state index contributed by atoms with van der Waals surface area (Å²) >= 11 is 0. The molecule has 0 spiro atoms. The quantitative estimate of drug-likeness (QED) is 0.559. The lowest BCUT2D eigenvalue weighted by Gasteiger charge is -2.04. The number of urea groups is 1. The Morgan fingerprint density at radius 3 is 2.20 bits per heavy atom. The van der Waals surface area contributed by atoms with Gasteiger partial charge in [-0.05, 0) is 24.3 Å². The molecule has 0 unspecified atom stereocenters. The number of hydrogen-bond donors (Lipinski definition) is 3. The molecule has 0 atom stereocenters. The summed E-state index contributed by atoms with van der Waals surface area (Å²) in [6.45, 7) is 0. The van der Waals surface area contributed by atoms with Crippen molar-refractivity contribution < 1.29 is 17.6 Å². The predicted molar refractivity (Wildman–Crippen MR) is 93.0 cm³/mol. The molecule has 0 radical (unpaired) electrons. The molecule has 2 aromatic carbocycles. The van der Waals surface area contributed by atoms with Crippen molar-refractivity contribution in [1.82, 2.24) is 4.72 Å². The first kappa shape index (κ1) is 18.1. The van der Waals surface area contributed by atoms with Gasteiger partial charge < -0.3 is 11.1 Å². The van der Waals surface area contributed by atoms with Crippen molar-refractivity contribution in [1.29, 1.82) is 0 Å². The summed E-state index contributed by atoms with van der Waals surface area (Å²) in [5.41, 5.74) is 5.81.